The van der Waals surface area contributed by atoms with Crippen LogP contribution in [0.3, 0.4) is 0 Å². The van der Waals surface area contributed by atoms with Crippen LogP contribution >= 0.6 is 34.8 Å². The molecule has 0 spiro atoms. The van der Waals surface area contributed by atoms with Crippen LogP contribution in [0.4, 0.5) is 16.3 Å². The molecule has 0 fully saturated rings. The Labute approximate surface area is 147 Å². The molecular formula is C14H10Cl3N5O. The highest BCUT2D eigenvalue weighted by atomic mass is 35.5. The van der Waals surface area contributed by atoms with Crippen molar-refractivity contribution < 1.29 is 4.79 Å². The van der Waals surface area contributed by atoms with Crippen molar-refractivity contribution in [3.63, 3.8) is 0 Å². The molecule has 1 aromatic carbocycles. The van der Waals surface area contributed by atoms with Gasteiger partial charge in [-0.25, -0.2) is 9.78 Å². The van der Waals surface area contributed by atoms with Crippen molar-refractivity contribution in [2.75, 3.05) is 10.7 Å². The number of rotatable bonds is 3. The number of pyridine rings is 1. The molecule has 1 heterocycles. The van der Waals surface area contributed by atoms with Crippen molar-refractivity contribution in [1.29, 1.82) is 5.26 Å². The third kappa shape index (κ3) is 4.39. The molecule has 118 valence electrons. The summed E-state index contributed by atoms with van der Waals surface area (Å²) in [5.74, 6) is 0.154. The number of nitriles is 1. The summed E-state index contributed by atoms with van der Waals surface area (Å²) in [5.41, 5.74) is 6.29. The summed E-state index contributed by atoms with van der Waals surface area (Å²) in [6.07, 6.45) is 0. The molecule has 0 aliphatic rings. The number of halogens is 3. The van der Waals surface area contributed by atoms with Gasteiger partial charge in [0.15, 0.2) is 5.82 Å². The van der Waals surface area contributed by atoms with Gasteiger partial charge in [0.05, 0.1) is 15.6 Å². The third-order valence-corrected chi connectivity index (χ3v) is 3.70. The van der Waals surface area contributed by atoms with Crippen LogP contribution in [-0.4, -0.2) is 11.0 Å². The van der Waals surface area contributed by atoms with Crippen molar-refractivity contribution in [2.24, 2.45) is 0 Å². The van der Waals surface area contributed by atoms with E-state index in [-0.39, 0.29) is 16.5 Å². The zero-order chi connectivity index (χ0) is 17.0. The molecule has 0 unspecified atom stereocenters. The molecule has 0 saturated heterocycles. The Bertz CT molecular complexity index is 804. The molecule has 0 aliphatic carbocycles. The molecule has 0 bridgehead atoms. The number of benzene rings is 1. The normalized spacial score (nSPS) is 9.87. The lowest BCUT2D eigenvalue weighted by molar-refractivity contribution is 0.254. The van der Waals surface area contributed by atoms with E-state index < -0.39 is 6.03 Å². The number of hydrazine groups is 1. The van der Waals surface area contributed by atoms with E-state index in [2.05, 4.69) is 21.2 Å². The van der Waals surface area contributed by atoms with E-state index in [0.29, 0.717) is 21.3 Å². The Morgan fingerprint density at radius 3 is 2.61 bits per heavy atom. The molecule has 2 rings (SSSR count). The van der Waals surface area contributed by atoms with E-state index >= 15 is 0 Å². The summed E-state index contributed by atoms with van der Waals surface area (Å²) >= 11 is 17.5. The second kappa shape index (κ2) is 7.38. The van der Waals surface area contributed by atoms with Crippen LogP contribution < -0.4 is 16.2 Å². The van der Waals surface area contributed by atoms with E-state index in [0.717, 1.165) is 0 Å². The molecule has 0 atom stereocenters. The Kier molecular flexibility index (Phi) is 5.50. The number of aryl methyl sites for hydroxylation is 1. The molecule has 2 amide bonds. The van der Waals surface area contributed by atoms with Gasteiger partial charge in [0, 0.05) is 5.69 Å². The number of hydrogen-bond acceptors (Lipinski definition) is 4. The topological polar surface area (TPSA) is 89.8 Å². The predicted molar refractivity (Wildman–Crippen MR) is 90.9 cm³/mol. The smallest absolute Gasteiger partial charge is 0.307 e. The Hall–Kier alpha value is -2.20. The largest absolute Gasteiger partial charge is 0.337 e. The first-order valence-electron chi connectivity index (χ1n) is 6.26. The van der Waals surface area contributed by atoms with Crippen molar-refractivity contribution >= 4 is 52.3 Å². The summed E-state index contributed by atoms with van der Waals surface area (Å²) in [7, 11) is 0. The van der Waals surface area contributed by atoms with Gasteiger partial charge in [0.2, 0.25) is 0 Å². The average Bonchev–Trinajstić information content (AvgIpc) is 2.48. The quantitative estimate of drug-likeness (QED) is 0.553. The summed E-state index contributed by atoms with van der Waals surface area (Å²) in [6.45, 7) is 1.72. The molecule has 0 radical (unpaired) electrons. The van der Waals surface area contributed by atoms with Crippen LogP contribution in [0, 0.1) is 18.3 Å². The molecule has 2 aromatic rings. The van der Waals surface area contributed by atoms with Crippen molar-refractivity contribution in [3.8, 4) is 6.07 Å². The fourth-order valence-corrected chi connectivity index (χ4v) is 2.26. The number of carbonyl (C=O) groups excluding carboxylic acids is 1. The van der Waals surface area contributed by atoms with Crippen LogP contribution in [0.15, 0.2) is 24.3 Å². The van der Waals surface area contributed by atoms with Crippen LogP contribution in [0.5, 0.6) is 0 Å². The molecule has 0 aliphatic heterocycles. The first-order valence-corrected chi connectivity index (χ1v) is 7.39. The lowest BCUT2D eigenvalue weighted by Gasteiger charge is -2.12. The Morgan fingerprint density at radius 1 is 1.22 bits per heavy atom. The summed E-state index contributed by atoms with van der Waals surface area (Å²) in [5, 5.41) is 12.6. The molecule has 0 saturated carbocycles. The standard InChI is InChI=1S/C14H10Cl3N5O/c1-7-4-12(17)20-13(9(7)6-18)21-22-14(23)19-8-2-3-10(15)11(16)5-8/h2-5H,1H3,(H,20,21)(H2,19,22,23). The Balaban J connectivity index is 2.05. The van der Waals surface area contributed by atoms with Crippen LogP contribution in [0.1, 0.15) is 11.1 Å². The molecule has 23 heavy (non-hydrogen) atoms. The lowest BCUT2D eigenvalue weighted by Crippen LogP contribution is -2.34. The highest BCUT2D eigenvalue weighted by Crippen LogP contribution is 2.25. The second-order valence-electron chi connectivity index (χ2n) is 4.43. The van der Waals surface area contributed by atoms with Gasteiger partial charge in [0.1, 0.15) is 11.2 Å². The number of hydrogen-bond donors (Lipinski definition) is 3. The van der Waals surface area contributed by atoms with Gasteiger partial charge >= 0.3 is 6.03 Å². The highest BCUT2D eigenvalue weighted by molar-refractivity contribution is 6.42. The van der Waals surface area contributed by atoms with E-state index in [1.165, 1.54) is 6.07 Å². The number of amides is 2. The van der Waals surface area contributed by atoms with Crippen LogP contribution in [0.2, 0.25) is 15.2 Å². The number of aromatic nitrogens is 1. The van der Waals surface area contributed by atoms with E-state index in [1.54, 1.807) is 25.1 Å². The SMILES string of the molecule is Cc1cc(Cl)nc(NNC(=O)Nc2ccc(Cl)c(Cl)c2)c1C#N. The molecule has 1 aromatic heterocycles. The first kappa shape index (κ1) is 17.2. The van der Waals surface area contributed by atoms with E-state index in [9.17, 15) is 4.79 Å². The van der Waals surface area contributed by atoms with Gasteiger partial charge in [0.25, 0.3) is 0 Å². The molecule has 9 heteroatoms. The molecule has 6 nitrogen and oxygen atoms in total. The van der Waals surface area contributed by atoms with Crippen LogP contribution in [0.25, 0.3) is 0 Å². The first-order chi connectivity index (χ1) is 10.9. The second-order valence-corrected chi connectivity index (χ2v) is 5.63. The van der Waals surface area contributed by atoms with E-state index in [1.807, 2.05) is 6.07 Å². The Morgan fingerprint density at radius 2 is 1.96 bits per heavy atom. The van der Waals surface area contributed by atoms with E-state index in [4.69, 9.17) is 40.1 Å². The zero-order valence-corrected chi connectivity index (χ0v) is 14.0. The zero-order valence-electron chi connectivity index (χ0n) is 11.7. The average molecular weight is 371 g/mol. The highest BCUT2D eigenvalue weighted by Gasteiger charge is 2.10. The van der Waals surface area contributed by atoms with Gasteiger partial charge in [-0.05, 0) is 36.8 Å². The fourth-order valence-electron chi connectivity index (χ4n) is 1.72. The number of urea groups is 1. The molecule has 3 N–H and O–H groups in total. The summed E-state index contributed by atoms with van der Waals surface area (Å²) < 4.78 is 0. The fraction of sp³-hybridized carbons (Fsp3) is 0.0714. The maximum absolute atomic E-state index is 11.8. The minimum absolute atomic E-state index is 0.154. The summed E-state index contributed by atoms with van der Waals surface area (Å²) in [4.78, 5) is 15.8. The maximum atomic E-state index is 11.8. The maximum Gasteiger partial charge on any atom is 0.337 e. The number of nitrogens with zero attached hydrogens (tertiary/aromatic N) is 2. The van der Waals surface area contributed by atoms with Gasteiger partial charge in [-0.2, -0.15) is 5.26 Å². The lowest BCUT2D eigenvalue weighted by atomic mass is 10.1. The number of anilines is 2. The van der Waals surface area contributed by atoms with Crippen molar-refractivity contribution in [2.45, 2.75) is 6.92 Å². The number of nitrogens with one attached hydrogen (secondary N) is 3. The monoisotopic (exact) mass is 369 g/mol. The van der Waals surface area contributed by atoms with Gasteiger partial charge in [-0.1, -0.05) is 34.8 Å². The van der Waals surface area contributed by atoms with Crippen molar-refractivity contribution in [3.05, 3.63) is 50.6 Å². The van der Waals surface area contributed by atoms with Crippen LogP contribution in [-0.2, 0) is 0 Å². The minimum atomic E-state index is -0.577. The predicted octanol–water partition coefficient (Wildman–Crippen LogP) is 4.37. The van der Waals surface area contributed by atoms with Gasteiger partial charge in [-0.15, -0.1) is 0 Å². The summed E-state index contributed by atoms with van der Waals surface area (Å²) in [6, 6.07) is 7.63. The van der Waals surface area contributed by atoms with Gasteiger partial charge < -0.3 is 5.32 Å². The van der Waals surface area contributed by atoms with Crippen molar-refractivity contribution in [1.82, 2.24) is 10.4 Å². The third-order valence-electron chi connectivity index (χ3n) is 2.77. The molecular weight excluding hydrogens is 361 g/mol. The van der Waals surface area contributed by atoms with Gasteiger partial charge in [-0.3, -0.25) is 10.9 Å². The number of carbonyl (C=O) groups is 1. The minimum Gasteiger partial charge on any atom is -0.307 e.